The van der Waals surface area contributed by atoms with E-state index < -0.39 is 0 Å². The van der Waals surface area contributed by atoms with Crippen molar-refractivity contribution in [3.63, 3.8) is 0 Å². The molecular weight excluding hydrogens is 300 g/mol. The molecule has 1 aliphatic carbocycles. The second-order valence-electron chi connectivity index (χ2n) is 7.33. The van der Waals surface area contributed by atoms with Gasteiger partial charge in [0.2, 0.25) is 0 Å². The molecule has 3 heterocycles. The van der Waals surface area contributed by atoms with E-state index in [1.165, 1.54) is 29.5 Å². The summed E-state index contributed by atoms with van der Waals surface area (Å²) in [6.45, 7) is 2.45. The summed E-state index contributed by atoms with van der Waals surface area (Å²) in [5.41, 5.74) is 4.21. The molecule has 130 valence electrons. The van der Waals surface area contributed by atoms with Gasteiger partial charge >= 0.3 is 0 Å². The molecule has 0 amide bonds. The Morgan fingerprint density at radius 1 is 1.38 bits per heavy atom. The quantitative estimate of drug-likeness (QED) is 0.872. The fourth-order valence-electron chi connectivity index (χ4n) is 4.46. The van der Waals surface area contributed by atoms with E-state index in [2.05, 4.69) is 34.5 Å². The Morgan fingerprint density at radius 3 is 3.04 bits per heavy atom. The predicted octanol–water partition coefficient (Wildman–Crippen LogP) is 2.73. The largest absolute Gasteiger partial charge is 0.497 e. The maximum absolute atomic E-state index is 9.54. The molecule has 1 aromatic carbocycles. The molecule has 0 aromatic heterocycles. The predicted molar refractivity (Wildman–Crippen MR) is 96.2 cm³/mol. The highest BCUT2D eigenvalue weighted by molar-refractivity contribution is 5.71. The standard InChI is InChI=1S/C20H28N2O2/c1-24-17-6-7-18-19(12-17)14(4-5-15-11-20(18)21-15)8-10-22-9-2-3-16(22)13-23/h4,6-7,12,15-16,20-21,23H,2-3,5,8-11,13H2,1H3/b14-4-/t15?,16-,20?/m0/s1. The van der Waals surface area contributed by atoms with Gasteiger partial charge in [-0.1, -0.05) is 12.1 Å². The van der Waals surface area contributed by atoms with E-state index in [0.717, 1.165) is 38.1 Å². The molecule has 2 saturated heterocycles. The van der Waals surface area contributed by atoms with Crippen LogP contribution in [0.2, 0.25) is 0 Å². The number of hydrogen-bond acceptors (Lipinski definition) is 4. The number of fused-ring (bicyclic) bond motifs is 1. The van der Waals surface area contributed by atoms with Crippen LogP contribution in [0.4, 0.5) is 0 Å². The third-order valence-corrected chi connectivity index (χ3v) is 5.97. The van der Waals surface area contributed by atoms with Gasteiger partial charge in [-0.05, 0) is 67.5 Å². The molecule has 3 atom stereocenters. The molecule has 4 nitrogen and oxygen atoms in total. The number of nitrogens with one attached hydrogen (secondary N) is 1. The maximum Gasteiger partial charge on any atom is 0.119 e. The summed E-state index contributed by atoms with van der Waals surface area (Å²) in [4.78, 5) is 2.46. The second-order valence-corrected chi connectivity index (χ2v) is 7.33. The summed E-state index contributed by atoms with van der Waals surface area (Å²) in [5, 5.41) is 13.2. The molecule has 4 aliphatic rings. The molecule has 2 unspecified atom stereocenters. The van der Waals surface area contributed by atoms with E-state index in [-0.39, 0.29) is 6.61 Å². The van der Waals surface area contributed by atoms with Crippen LogP contribution in [0.3, 0.4) is 0 Å². The third-order valence-electron chi connectivity index (χ3n) is 5.97. The lowest BCUT2D eigenvalue weighted by Crippen LogP contribution is -2.46. The minimum atomic E-state index is 0.289. The lowest BCUT2D eigenvalue weighted by Gasteiger charge is -2.40. The first-order chi connectivity index (χ1) is 11.8. The topological polar surface area (TPSA) is 44.7 Å². The minimum Gasteiger partial charge on any atom is -0.497 e. The summed E-state index contributed by atoms with van der Waals surface area (Å²) in [6.07, 6.45) is 8.18. The van der Waals surface area contributed by atoms with Crippen molar-refractivity contribution in [3.05, 3.63) is 35.4 Å². The SMILES string of the molecule is COc1ccc2c(c1)/C(CCN1CCC[C@H]1CO)=C\CC1CC2N1. The smallest absolute Gasteiger partial charge is 0.119 e. The fraction of sp³-hybridized carbons (Fsp3) is 0.600. The van der Waals surface area contributed by atoms with Crippen LogP contribution in [0.5, 0.6) is 5.75 Å². The highest BCUT2D eigenvalue weighted by Gasteiger charge is 2.33. The number of benzene rings is 1. The Kier molecular flexibility index (Phi) is 4.61. The van der Waals surface area contributed by atoms with E-state index >= 15 is 0 Å². The summed E-state index contributed by atoms with van der Waals surface area (Å²) in [6, 6.07) is 8.01. The number of methoxy groups -OCH3 is 1. The van der Waals surface area contributed by atoms with E-state index in [0.29, 0.717) is 18.1 Å². The highest BCUT2D eigenvalue weighted by Crippen LogP contribution is 2.40. The first-order valence-corrected chi connectivity index (χ1v) is 9.27. The van der Waals surface area contributed by atoms with Gasteiger partial charge in [-0.2, -0.15) is 0 Å². The van der Waals surface area contributed by atoms with Crippen LogP contribution in [-0.4, -0.2) is 48.9 Å². The van der Waals surface area contributed by atoms with Crippen LogP contribution in [0.25, 0.3) is 5.57 Å². The van der Waals surface area contributed by atoms with Crippen molar-refractivity contribution in [3.8, 4) is 5.75 Å². The Bertz CT molecular complexity index is 622. The monoisotopic (exact) mass is 328 g/mol. The van der Waals surface area contributed by atoms with Gasteiger partial charge in [0.05, 0.1) is 13.7 Å². The lowest BCUT2D eigenvalue weighted by atomic mass is 9.80. The Hall–Kier alpha value is -1.36. The molecule has 2 bridgehead atoms. The van der Waals surface area contributed by atoms with Gasteiger partial charge in [-0.15, -0.1) is 0 Å². The number of aliphatic hydroxyl groups excluding tert-OH is 1. The van der Waals surface area contributed by atoms with Crippen LogP contribution in [0.15, 0.2) is 24.3 Å². The van der Waals surface area contributed by atoms with Crippen LogP contribution < -0.4 is 10.1 Å². The van der Waals surface area contributed by atoms with Gasteiger partial charge in [0.25, 0.3) is 0 Å². The van der Waals surface area contributed by atoms with Crippen molar-refractivity contribution in [2.45, 2.75) is 50.2 Å². The van der Waals surface area contributed by atoms with E-state index in [1.54, 1.807) is 7.11 Å². The van der Waals surface area contributed by atoms with Gasteiger partial charge in [0.1, 0.15) is 5.75 Å². The molecular formula is C20H28N2O2. The normalized spacial score (nSPS) is 31.4. The van der Waals surface area contributed by atoms with Crippen LogP contribution in [-0.2, 0) is 0 Å². The number of aliphatic hydroxyl groups is 1. The molecule has 4 heteroatoms. The van der Waals surface area contributed by atoms with Gasteiger partial charge in [-0.25, -0.2) is 0 Å². The second kappa shape index (κ2) is 6.87. The molecule has 0 saturated carbocycles. The maximum atomic E-state index is 9.54. The summed E-state index contributed by atoms with van der Waals surface area (Å²) >= 11 is 0. The summed E-state index contributed by atoms with van der Waals surface area (Å²) in [7, 11) is 1.74. The molecule has 1 aromatic rings. The van der Waals surface area contributed by atoms with Crippen molar-refractivity contribution in [2.75, 3.05) is 26.8 Å². The van der Waals surface area contributed by atoms with Crippen molar-refractivity contribution in [1.82, 2.24) is 10.2 Å². The van der Waals surface area contributed by atoms with E-state index in [9.17, 15) is 5.11 Å². The average Bonchev–Trinajstić information content (AvgIpc) is 3.01. The molecule has 5 rings (SSSR count). The first kappa shape index (κ1) is 16.1. The number of rotatable bonds is 5. The van der Waals surface area contributed by atoms with Gasteiger partial charge in [0, 0.05) is 24.7 Å². The van der Waals surface area contributed by atoms with Gasteiger partial charge < -0.3 is 15.2 Å². The zero-order valence-corrected chi connectivity index (χ0v) is 14.5. The van der Waals surface area contributed by atoms with Crippen molar-refractivity contribution in [2.24, 2.45) is 0 Å². The highest BCUT2D eigenvalue weighted by atomic mass is 16.5. The van der Waals surface area contributed by atoms with Gasteiger partial charge in [-0.3, -0.25) is 4.90 Å². The van der Waals surface area contributed by atoms with Crippen molar-refractivity contribution < 1.29 is 9.84 Å². The molecule has 24 heavy (non-hydrogen) atoms. The fourth-order valence-corrected chi connectivity index (χ4v) is 4.46. The van der Waals surface area contributed by atoms with Crippen molar-refractivity contribution >= 4 is 5.57 Å². The number of ether oxygens (including phenoxy) is 1. The number of hydrogen-bond donors (Lipinski definition) is 2. The molecule has 0 spiro atoms. The Labute approximate surface area is 144 Å². The average molecular weight is 328 g/mol. The number of nitrogens with zero attached hydrogens (tertiary/aromatic N) is 1. The van der Waals surface area contributed by atoms with Crippen molar-refractivity contribution in [1.29, 1.82) is 0 Å². The first-order valence-electron chi connectivity index (χ1n) is 9.27. The molecule has 2 N–H and O–H groups in total. The van der Waals surface area contributed by atoms with Gasteiger partial charge in [0.15, 0.2) is 0 Å². The Morgan fingerprint density at radius 2 is 2.25 bits per heavy atom. The zero-order chi connectivity index (χ0) is 16.5. The lowest BCUT2D eigenvalue weighted by molar-refractivity contribution is 0.161. The van der Waals surface area contributed by atoms with E-state index in [1.807, 2.05) is 0 Å². The van der Waals surface area contributed by atoms with Crippen LogP contribution >= 0.6 is 0 Å². The Balaban J connectivity index is 1.57. The number of likely N-dealkylation sites (tertiary alicyclic amines) is 1. The van der Waals surface area contributed by atoms with Crippen LogP contribution in [0.1, 0.15) is 49.3 Å². The van der Waals surface area contributed by atoms with E-state index in [4.69, 9.17) is 4.74 Å². The zero-order valence-electron chi connectivity index (χ0n) is 14.5. The molecule has 0 radical (unpaired) electrons. The molecule has 2 fully saturated rings. The molecule has 3 aliphatic heterocycles. The summed E-state index contributed by atoms with van der Waals surface area (Å²) < 4.78 is 5.47. The minimum absolute atomic E-state index is 0.289. The van der Waals surface area contributed by atoms with Crippen LogP contribution in [0, 0.1) is 0 Å². The summed E-state index contributed by atoms with van der Waals surface area (Å²) in [5.74, 6) is 0.936. The third kappa shape index (κ3) is 2.99.